The van der Waals surface area contributed by atoms with Crippen LogP contribution in [0.4, 0.5) is 10.5 Å². The number of urea groups is 1. The number of amides is 3. The van der Waals surface area contributed by atoms with Gasteiger partial charge in [0.2, 0.25) is 0 Å². The lowest BCUT2D eigenvalue weighted by Crippen LogP contribution is -2.46. The first-order chi connectivity index (χ1) is 17.0. The number of methoxy groups -OCH3 is 1. The number of piperazine rings is 1. The van der Waals surface area contributed by atoms with Crippen LogP contribution in [0.15, 0.2) is 54.6 Å². The fourth-order valence-electron chi connectivity index (χ4n) is 3.88. The van der Waals surface area contributed by atoms with Gasteiger partial charge in [-0.25, -0.2) is 4.79 Å². The summed E-state index contributed by atoms with van der Waals surface area (Å²) in [7, 11) is 1.31. The summed E-state index contributed by atoms with van der Waals surface area (Å²) in [5.74, 6) is -0.664. The maximum Gasteiger partial charge on any atom is 0.319 e. The van der Waals surface area contributed by atoms with E-state index in [-0.39, 0.29) is 30.9 Å². The molecule has 1 aliphatic rings. The van der Waals surface area contributed by atoms with Crippen molar-refractivity contribution in [1.82, 2.24) is 20.4 Å². The summed E-state index contributed by atoms with van der Waals surface area (Å²) in [6.45, 7) is 6.96. The molecule has 0 atom stereocenters. The van der Waals surface area contributed by atoms with Gasteiger partial charge in [0.05, 0.1) is 13.5 Å². The number of nitrogens with one attached hydrogen (secondary N) is 3. The smallest absolute Gasteiger partial charge is 0.319 e. The molecule has 0 bridgehead atoms. The van der Waals surface area contributed by atoms with E-state index in [2.05, 4.69) is 54.8 Å². The largest absolute Gasteiger partial charge is 0.469 e. The average Bonchev–Trinajstić information content (AvgIpc) is 2.88. The molecule has 0 aromatic heterocycles. The van der Waals surface area contributed by atoms with Gasteiger partial charge >= 0.3 is 12.0 Å². The van der Waals surface area contributed by atoms with Gasteiger partial charge in [0, 0.05) is 57.1 Å². The first-order valence-corrected chi connectivity index (χ1v) is 12.0. The van der Waals surface area contributed by atoms with Gasteiger partial charge in [-0.05, 0) is 42.8 Å². The molecule has 3 N–H and O–H groups in total. The number of hydrogen-bond donors (Lipinski definition) is 3. The van der Waals surface area contributed by atoms with Gasteiger partial charge < -0.3 is 25.6 Å². The molecule has 1 saturated heterocycles. The monoisotopic (exact) mass is 481 g/mol. The third kappa shape index (κ3) is 9.38. The third-order valence-corrected chi connectivity index (χ3v) is 5.90. The van der Waals surface area contributed by atoms with Gasteiger partial charge in [0.15, 0.2) is 0 Å². The third-order valence-electron chi connectivity index (χ3n) is 5.90. The second-order valence-electron chi connectivity index (χ2n) is 8.50. The molecule has 1 aliphatic heterocycles. The summed E-state index contributed by atoms with van der Waals surface area (Å²) in [6.07, 6.45) is 1.00. The Labute approximate surface area is 206 Å². The van der Waals surface area contributed by atoms with Crippen LogP contribution in [0.1, 0.15) is 28.8 Å². The summed E-state index contributed by atoms with van der Waals surface area (Å²) in [6, 6.07) is 16.9. The zero-order valence-corrected chi connectivity index (χ0v) is 20.3. The van der Waals surface area contributed by atoms with Gasteiger partial charge in [0.1, 0.15) is 0 Å². The Morgan fingerprint density at radius 1 is 0.857 bits per heavy atom. The van der Waals surface area contributed by atoms with Crippen molar-refractivity contribution in [2.24, 2.45) is 0 Å². The number of carbonyl (C=O) groups is 3. The first-order valence-electron chi connectivity index (χ1n) is 12.0. The van der Waals surface area contributed by atoms with E-state index in [1.165, 1.54) is 12.7 Å². The molecular weight excluding hydrogens is 446 g/mol. The molecule has 2 aromatic carbocycles. The Morgan fingerprint density at radius 3 is 2.23 bits per heavy atom. The van der Waals surface area contributed by atoms with E-state index in [1.54, 1.807) is 24.3 Å². The molecule has 9 nitrogen and oxygen atoms in total. The summed E-state index contributed by atoms with van der Waals surface area (Å²) in [5, 5.41) is 8.31. The molecule has 35 heavy (non-hydrogen) atoms. The van der Waals surface area contributed by atoms with E-state index >= 15 is 0 Å². The lowest BCUT2D eigenvalue weighted by molar-refractivity contribution is -0.140. The predicted molar refractivity (Wildman–Crippen MR) is 135 cm³/mol. The number of esters is 1. The Bertz CT molecular complexity index is 944. The lowest BCUT2D eigenvalue weighted by atomic mass is 10.2. The maximum absolute atomic E-state index is 12.2. The molecule has 0 radical (unpaired) electrons. The molecular formula is C26H35N5O4. The first kappa shape index (κ1) is 26.2. The average molecular weight is 482 g/mol. The van der Waals surface area contributed by atoms with Gasteiger partial charge in [-0.3, -0.25) is 14.5 Å². The highest BCUT2D eigenvalue weighted by Crippen LogP contribution is 2.10. The van der Waals surface area contributed by atoms with E-state index in [0.717, 1.165) is 45.7 Å². The zero-order valence-electron chi connectivity index (χ0n) is 20.3. The number of rotatable bonds is 11. The highest BCUT2D eigenvalue weighted by atomic mass is 16.5. The fraction of sp³-hybridized carbons (Fsp3) is 0.423. The van der Waals surface area contributed by atoms with Gasteiger partial charge in [-0.2, -0.15) is 0 Å². The molecule has 9 heteroatoms. The number of ether oxygens (including phenoxy) is 1. The minimum Gasteiger partial charge on any atom is -0.469 e. The summed E-state index contributed by atoms with van der Waals surface area (Å²) >= 11 is 0. The topological polar surface area (TPSA) is 103 Å². The molecule has 0 spiro atoms. The van der Waals surface area contributed by atoms with Crippen molar-refractivity contribution in [1.29, 1.82) is 0 Å². The number of nitrogens with zero attached hydrogens (tertiary/aromatic N) is 2. The molecule has 0 saturated carbocycles. The Balaban J connectivity index is 1.27. The standard InChI is InChI=1S/C26H35N5O4/c1-35-24(32)12-14-27-25(33)22-8-10-23(11-9-22)29-26(34)28-13-5-15-30-16-18-31(19-17-30)20-21-6-3-2-4-7-21/h2-4,6-11H,5,12-20H2,1H3,(H,27,33)(H2,28,29,34). The van der Waals surface area contributed by atoms with Crippen LogP contribution < -0.4 is 16.0 Å². The summed E-state index contributed by atoms with van der Waals surface area (Å²) in [4.78, 5) is 40.3. The maximum atomic E-state index is 12.2. The highest BCUT2D eigenvalue weighted by Gasteiger charge is 2.16. The summed E-state index contributed by atoms with van der Waals surface area (Å²) in [5.41, 5.74) is 2.40. The van der Waals surface area contributed by atoms with Crippen LogP contribution in [0, 0.1) is 0 Å². The van der Waals surface area contributed by atoms with E-state index in [9.17, 15) is 14.4 Å². The Morgan fingerprint density at radius 2 is 1.54 bits per heavy atom. The normalized spacial score (nSPS) is 14.2. The van der Waals surface area contributed by atoms with Crippen molar-refractivity contribution in [3.63, 3.8) is 0 Å². The second-order valence-corrected chi connectivity index (χ2v) is 8.50. The Kier molecular flexibility index (Phi) is 10.5. The molecule has 1 heterocycles. The van der Waals surface area contributed by atoms with Crippen LogP contribution in [0.3, 0.4) is 0 Å². The minimum atomic E-state index is -0.378. The molecule has 188 valence electrons. The van der Waals surface area contributed by atoms with Crippen LogP contribution in [0.25, 0.3) is 0 Å². The predicted octanol–water partition coefficient (Wildman–Crippen LogP) is 2.31. The lowest BCUT2D eigenvalue weighted by Gasteiger charge is -2.34. The molecule has 0 aliphatic carbocycles. The van der Waals surface area contributed by atoms with E-state index in [0.29, 0.717) is 17.8 Å². The summed E-state index contributed by atoms with van der Waals surface area (Å²) < 4.78 is 4.54. The zero-order chi connectivity index (χ0) is 24.9. The van der Waals surface area contributed by atoms with Crippen LogP contribution in [0.5, 0.6) is 0 Å². The van der Waals surface area contributed by atoms with E-state index < -0.39 is 0 Å². The molecule has 2 aromatic rings. The number of hydrogen-bond acceptors (Lipinski definition) is 6. The SMILES string of the molecule is COC(=O)CCNC(=O)c1ccc(NC(=O)NCCCN2CCN(Cc3ccccc3)CC2)cc1. The Hall–Kier alpha value is -3.43. The van der Waals surface area contributed by atoms with E-state index in [1.807, 2.05) is 6.07 Å². The minimum absolute atomic E-state index is 0.118. The highest BCUT2D eigenvalue weighted by molar-refractivity contribution is 5.95. The number of carbonyl (C=O) groups excluding carboxylic acids is 3. The van der Waals surface area contributed by atoms with Crippen molar-refractivity contribution in [2.45, 2.75) is 19.4 Å². The van der Waals surface area contributed by atoms with Crippen molar-refractivity contribution in [2.75, 3.05) is 58.2 Å². The number of anilines is 1. The van der Waals surface area contributed by atoms with E-state index in [4.69, 9.17) is 0 Å². The van der Waals surface area contributed by atoms with Crippen LogP contribution in [-0.4, -0.2) is 80.6 Å². The van der Waals surface area contributed by atoms with Crippen molar-refractivity contribution in [3.05, 3.63) is 65.7 Å². The molecule has 3 amide bonds. The fourth-order valence-corrected chi connectivity index (χ4v) is 3.88. The van der Waals surface area contributed by atoms with Crippen LogP contribution >= 0.6 is 0 Å². The molecule has 0 unspecified atom stereocenters. The number of benzene rings is 2. The van der Waals surface area contributed by atoms with Crippen LogP contribution in [0.2, 0.25) is 0 Å². The van der Waals surface area contributed by atoms with Gasteiger partial charge in [-0.15, -0.1) is 0 Å². The quantitative estimate of drug-likeness (QED) is 0.336. The van der Waals surface area contributed by atoms with Crippen molar-refractivity contribution in [3.8, 4) is 0 Å². The molecule has 3 rings (SSSR count). The van der Waals surface area contributed by atoms with Gasteiger partial charge in [0.25, 0.3) is 5.91 Å². The molecule has 1 fully saturated rings. The van der Waals surface area contributed by atoms with Crippen LogP contribution in [-0.2, 0) is 16.1 Å². The van der Waals surface area contributed by atoms with Gasteiger partial charge in [-0.1, -0.05) is 30.3 Å². The van der Waals surface area contributed by atoms with Crippen molar-refractivity contribution >= 4 is 23.6 Å². The second kappa shape index (κ2) is 14.1. The van der Waals surface area contributed by atoms with Crippen molar-refractivity contribution < 1.29 is 19.1 Å².